The zero-order valence-corrected chi connectivity index (χ0v) is 11.4. The summed E-state index contributed by atoms with van der Waals surface area (Å²) in [5, 5.41) is 3.20. The number of nitrogens with one attached hydrogen (secondary N) is 2. The maximum Gasteiger partial charge on any atom is 0.145 e. The number of nitrogens with two attached hydrogens (primary N) is 1. The van der Waals surface area contributed by atoms with E-state index in [2.05, 4.69) is 34.6 Å². The van der Waals surface area contributed by atoms with Gasteiger partial charge in [0.25, 0.3) is 0 Å². The highest BCUT2D eigenvalue weighted by molar-refractivity contribution is 5.46. The van der Waals surface area contributed by atoms with Crippen LogP contribution in [0.15, 0.2) is 6.07 Å². The highest BCUT2D eigenvalue weighted by Gasteiger charge is 2.02. The molecule has 18 heavy (non-hydrogen) atoms. The zero-order chi connectivity index (χ0) is 13.4. The van der Waals surface area contributed by atoms with Crippen LogP contribution < -0.4 is 16.6 Å². The average molecular weight is 253 g/mol. The maximum atomic E-state index is 5.48. The number of hydrogen-bond acceptors (Lipinski definition) is 6. The van der Waals surface area contributed by atoms with Crippen LogP contribution in [0.3, 0.4) is 0 Å². The lowest BCUT2D eigenvalue weighted by atomic mass is 10.2. The van der Waals surface area contributed by atoms with Crippen LogP contribution in [0.1, 0.15) is 26.6 Å². The average Bonchev–Trinajstić information content (AvgIpc) is 2.37. The molecule has 0 aliphatic carbocycles. The molecule has 0 bridgehead atoms. The van der Waals surface area contributed by atoms with Crippen LogP contribution in [0.5, 0.6) is 0 Å². The second kappa shape index (κ2) is 7.84. The van der Waals surface area contributed by atoms with Crippen molar-refractivity contribution in [3.05, 3.63) is 11.9 Å². The van der Waals surface area contributed by atoms with Gasteiger partial charge in [0.2, 0.25) is 0 Å². The Labute approximate surface area is 108 Å². The van der Waals surface area contributed by atoms with Crippen LogP contribution in [-0.4, -0.2) is 29.7 Å². The third-order valence-corrected chi connectivity index (χ3v) is 2.24. The second-order valence-electron chi connectivity index (χ2n) is 4.45. The molecule has 102 valence electrons. The van der Waals surface area contributed by atoms with Crippen molar-refractivity contribution < 1.29 is 4.74 Å². The highest BCUT2D eigenvalue weighted by atomic mass is 16.5. The van der Waals surface area contributed by atoms with E-state index in [1.165, 1.54) is 0 Å². The summed E-state index contributed by atoms with van der Waals surface area (Å²) in [6.45, 7) is 8.42. The lowest BCUT2D eigenvalue weighted by Gasteiger charge is -2.10. The summed E-state index contributed by atoms with van der Waals surface area (Å²) in [7, 11) is 0. The molecule has 0 saturated carbocycles. The number of hydrazine groups is 1. The number of anilines is 2. The zero-order valence-electron chi connectivity index (χ0n) is 11.4. The van der Waals surface area contributed by atoms with E-state index in [4.69, 9.17) is 10.6 Å². The second-order valence-corrected chi connectivity index (χ2v) is 4.45. The summed E-state index contributed by atoms with van der Waals surface area (Å²) in [4.78, 5) is 8.58. The first-order valence-electron chi connectivity index (χ1n) is 6.31. The molecule has 0 saturated heterocycles. The Morgan fingerprint density at radius 2 is 2.06 bits per heavy atom. The normalized spacial score (nSPS) is 10.7. The quantitative estimate of drug-likeness (QED) is 0.369. The Hall–Kier alpha value is -1.40. The molecule has 0 fully saturated rings. The van der Waals surface area contributed by atoms with Crippen molar-refractivity contribution in [3.8, 4) is 0 Å². The van der Waals surface area contributed by atoms with E-state index in [-0.39, 0.29) is 0 Å². The van der Waals surface area contributed by atoms with Gasteiger partial charge in [-0.3, -0.25) is 0 Å². The Balaban J connectivity index is 2.41. The van der Waals surface area contributed by atoms with Gasteiger partial charge in [0.05, 0.1) is 6.61 Å². The molecule has 1 aromatic heterocycles. The predicted molar refractivity (Wildman–Crippen MR) is 73.4 cm³/mol. The van der Waals surface area contributed by atoms with Crippen LogP contribution in [0, 0.1) is 5.92 Å². The van der Waals surface area contributed by atoms with Gasteiger partial charge in [-0.1, -0.05) is 20.8 Å². The summed E-state index contributed by atoms with van der Waals surface area (Å²) in [6.07, 6.45) is 0.772. The molecular weight excluding hydrogens is 230 g/mol. The van der Waals surface area contributed by atoms with Gasteiger partial charge >= 0.3 is 0 Å². The molecule has 0 atom stereocenters. The molecular formula is C12H23N5O. The van der Waals surface area contributed by atoms with Crippen molar-refractivity contribution in [3.63, 3.8) is 0 Å². The smallest absolute Gasteiger partial charge is 0.145 e. The number of rotatable bonds is 8. The highest BCUT2D eigenvalue weighted by Crippen LogP contribution is 2.10. The first-order valence-corrected chi connectivity index (χ1v) is 6.31. The molecule has 0 radical (unpaired) electrons. The van der Waals surface area contributed by atoms with Gasteiger partial charge in [0.15, 0.2) is 0 Å². The minimum Gasteiger partial charge on any atom is -0.379 e. The number of aryl methyl sites for hydroxylation is 1. The fourth-order valence-electron chi connectivity index (χ4n) is 1.39. The fraction of sp³-hybridized carbons (Fsp3) is 0.667. The number of nitrogen functional groups attached to an aromatic ring is 1. The first-order chi connectivity index (χ1) is 8.65. The van der Waals surface area contributed by atoms with Crippen LogP contribution in [0.2, 0.25) is 0 Å². The van der Waals surface area contributed by atoms with Gasteiger partial charge in [0.1, 0.15) is 17.5 Å². The van der Waals surface area contributed by atoms with E-state index < -0.39 is 0 Å². The third kappa shape index (κ3) is 5.29. The minimum atomic E-state index is 0.559. The van der Waals surface area contributed by atoms with Crippen molar-refractivity contribution in [2.45, 2.75) is 27.2 Å². The minimum absolute atomic E-state index is 0.559. The molecule has 0 aliphatic rings. The summed E-state index contributed by atoms with van der Waals surface area (Å²) < 4.78 is 5.48. The van der Waals surface area contributed by atoms with E-state index in [9.17, 15) is 0 Å². The summed E-state index contributed by atoms with van der Waals surface area (Å²) in [5.74, 6) is 8.06. The molecule has 1 aromatic rings. The van der Waals surface area contributed by atoms with Crippen molar-refractivity contribution in [2.75, 3.05) is 30.5 Å². The van der Waals surface area contributed by atoms with Crippen molar-refractivity contribution in [1.29, 1.82) is 0 Å². The van der Waals surface area contributed by atoms with Crippen LogP contribution >= 0.6 is 0 Å². The summed E-state index contributed by atoms with van der Waals surface area (Å²) in [5.41, 5.74) is 2.54. The predicted octanol–water partition coefficient (Wildman–Crippen LogP) is 1.41. The molecule has 0 spiro atoms. The monoisotopic (exact) mass is 253 g/mol. The van der Waals surface area contributed by atoms with Crippen LogP contribution in [-0.2, 0) is 11.2 Å². The third-order valence-electron chi connectivity index (χ3n) is 2.24. The van der Waals surface area contributed by atoms with Crippen molar-refractivity contribution in [1.82, 2.24) is 9.97 Å². The van der Waals surface area contributed by atoms with E-state index >= 15 is 0 Å². The molecule has 0 aromatic carbocycles. The molecule has 0 amide bonds. The van der Waals surface area contributed by atoms with Crippen LogP contribution in [0.25, 0.3) is 0 Å². The standard InChI is InChI=1S/C12H23N5O/c1-4-10-15-11(7-12(16-10)17-13)14-5-6-18-8-9(2)3/h7,9H,4-6,8,13H2,1-3H3,(H2,14,15,16,17). The number of ether oxygens (including phenoxy) is 1. The number of aromatic nitrogens is 2. The van der Waals surface area contributed by atoms with Gasteiger partial charge in [-0.15, -0.1) is 0 Å². The summed E-state index contributed by atoms with van der Waals surface area (Å²) >= 11 is 0. The lowest BCUT2D eigenvalue weighted by Crippen LogP contribution is -2.15. The molecule has 0 aliphatic heterocycles. The van der Waals surface area contributed by atoms with Crippen LogP contribution in [0.4, 0.5) is 11.6 Å². The first kappa shape index (κ1) is 14.7. The Morgan fingerprint density at radius 3 is 2.67 bits per heavy atom. The molecule has 4 N–H and O–H groups in total. The van der Waals surface area contributed by atoms with E-state index in [0.29, 0.717) is 18.3 Å². The lowest BCUT2D eigenvalue weighted by molar-refractivity contribution is 0.118. The number of nitrogens with zero attached hydrogens (tertiary/aromatic N) is 2. The van der Waals surface area contributed by atoms with Gasteiger partial charge in [-0.25, -0.2) is 15.8 Å². The summed E-state index contributed by atoms with van der Waals surface area (Å²) in [6, 6.07) is 1.78. The largest absolute Gasteiger partial charge is 0.379 e. The Kier molecular flexibility index (Phi) is 6.38. The molecule has 6 nitrogen and oxygen atoms in total. The van der Waals surface area contributed by atoms with Gasteiger partial charge in [0, 0.05) is 25.6 Å². The molecule has 0 unspecified atom stereocenters. The van der Waals surface area contributed by atoms with Gasteiger partial charge < -0.3 is 15.5 Å². The maximum absolute atomic E-state index is 5.48. The van der Waals surface area contributed by atoms with Crippen molar-refractivity contribution in [2.24, 2.45) is 11.8 Å². The van der Waals surface area contributed by atoms with Gasteiger partial charge in [-0.2, -0.15) is 0 Å². The van der Waals surface area contributed by atoms with Gasteiger partial charge in [-0.05, 0) is 5.92 Å². The van der Waals surface area contributed by atoms with E-state index in [1.807, 2.05) is 6.92 Å². The topological polar surface area (TPSA) is 85.1 Å². The Bertz CT molecular complexity index is 334. The fourth-order valence-corrected chi connectivity index (χ4v) is 1.39. The SMILES string of the molecule is CCc1nc(NN)cc(NCCOCC(C)C)n1. The van der Waals surface area contributed by atoms with Crippen molar-refractivity contribution >= 4 is 11.6 Å². The molecule has 6 heteroatoms. The number of hydrogen-bond donors (Lipinski definition) is 3. The van der Waals surface area contributed by atoms with E-state index in [0.717, 1.165) is 31.2 Å². The van der Waals surface area contributed by atoms with E-state index in [1.54, 1.807) is 6.07 Å². The molecule has 1 rings (SSSR count). The molecule has 1 heterocycles. The Morgan fingerprint density at radius 1 is 1.33 bits per heavy atom.